The van der Waals surface area contributed by atoms with Crippen LogP contribution in [0.3, 0.4) is 0 Å². The third kappa shape index (κ3) is 1.49. The minimum Gasteiger partial charge on any atom is -0.476 e. The molecular weight excluding hydrogens is 234 g/mol. The summed E-state index contributed by atoms with van der Waals surface area (Å²) in [6.45, 7) is 0. The molecule has 3 aromatic rings. The van der Waals surface area contributed by atoms with Crippen LogP contribution in [0.5, 0.6) is 0 Å². The summed E-state index contributed by atoms with van der Waals surface area (Å²) in [4.78, 5) is 18.7. The average molecular weight is 241 g/mol. The van der Waals surface area contributed by atoms with Crippen LogP contribution < -0.4 is 0 Å². The van der Waals surface area contributed by atoms with Crippen LogP contribution in [-0.4, -0.2) is 36.0 Å². The van der Waals surface area contributed by atoms with Crippen molar-refractivity contribution in [3.8, 4) is 5.69 Å². The molecule has 0 spiro atoms. The number of aromatic nitrogens is 5. The van der Waals surface area contributed by atoms with Crippen molar-refractivity contribution in [2.45, 2.75) is 0 Å². The Morgan fingerprint density at radius 2 is 1.94 bits per heavy atom. The van der Waals surface area contributed by atoms with Gasteiger partial charge in [0, 0.05) is 0 Å². The summed E-state index contributed by atoms with van der Waals surface area (Å²) >= 11 is 0. The Bertz CT molecular complexity index is 723. The molecule has 0 radical (unpaired) electrons. The van der Waals surface area contributed by atoms with E-state index in [0.717, 1.165) is 5.69 Å². The molecule has 0 unspecified atom stereocenters. The largest absolute Gasteiger partial charge is 0.476 e. The smallest absolute Gasteiger partial charge is 0.357 e. The minimum absolute atomic E-state index is 0.151. The Kier molecular flexibility index (Phi) is 2.23. The predicted octanol–water partition coefficient (Wildman–Crippen LogP) is 0.909. The lowest BCUT2D eigenvalue weighted by Gasteiger charge is -2.00. The van der Waals surface area contributed by atoms with E-state index in [-0.39, 0.29) is 11.2 Å². The summed E-state index contributed by atoms with van der Waals surface area (Å²) in [6, 6.07) is 9.23. The van der Waals surface area contributed by atoms with Gasteiger partial charge in [0.2, 0.25) is 0 Å². The highest BCUT2D eigenvalue weighted by atomic mass is 16.4. The lowest BCUT2D eigenvalue weighted by atomic mass is 10.3. The first kappa shape index (κ1) is 10.3. The molecule has 0 fully saturated rings. The summed E-state index contributed by atoms with van der Waals surface area (Å²) in [6.07, 6.45) is 1.19. The van der Waals surface area contributed by atoms with E-state index in [4.69, 9.17) is 5.11 Å². The number of carboxylic acids is 1. The van der Waals surface area contributed by atoms with E-state index in [9.17, 15) is 4.79 Å². The molecule has 0 atom stereocenters. The highest BCUT2D eigenvalue weighted by molar-refractivity contribution is 5.97. The van der Waals surface area contributed by atoms with Crippen LogP contribution in [0.4, 0.5) is 0 Å². The molecule has 0 aliphatic rings. The first-order chi connectivity index (χ1) is 8.77. The monoisotopic (exact) mass is 241 g/mol. The van der Waals surface area contributed by atoms with E-state index in [2.05, 4.69) is 20.3 Å². The molecule has 18 heavy (non-hydrogen) atoms. The van der Waals surface area contributed by atoms with Gasteiger partial charge in [-0.3, -0.25) is 0 Å². The Morgan fingerprint density at radius 3 is 2.67 bits per heavy atom. The van der Waals surface area contributed by atoms with Gasteiger partial charge in [-0.05, 0) is 12.1 Å². The zero-order valence-electron chi connectivity index (χ0n) is 9.06. The quantitative estimate of drug-likeness (QED) is 0.716. The van der Waals surface area contributed by atoms with Crippen molar-refractivity contribution < 1.29 is 9.90 Å². The van der Waals surface area contributed by atoms with Crippen LogP contribution in [-0.2, 0) is 0 Å². The van der Waals surface area contributed by atoms with Crippen LogP contribution >= 0.6 is 0 Å². The highest BCUT2D eigenvalue weighted by Gasteiger charge is 2.16. The Hall–Kier alpha value is -2.83. The van der Waals surface area contributed by atoms with Crippen molar-refractivity contribution in [2.24, 2.45) is 0 Å². The van der Waals surface area contributed by atoms with E-state index in [1.54, 1.807) is 0 Å². The number of aromatic carboxylic acids is 1. The summed E-state index contributed by atoms with van der Waals surface area (Å²) in [5.41, 5.74) is 1.15. The second-order valence-electron chi connectivity index (χ2n) is 3.54. The fourth-order valence-electron chi connectivity index (χ4n) is 1.65. The topological polar surface area (TPSA) is 93.8 Å². The fraction of sp³-hybridized carbons (Fsp3) is 0. The zero-order valence-corrected chi connectivity index (χ0v) is 9.06. The van der Waals surface area contributed by atoms with Crippen LogP contribution in [0.1, 0.15) is 10.5 Å². The van der Waals surface area contributed by atoms with Crippen molar-refractivity contribution in [1.29, 1.82) is 0 Å². The Morgan fingerprint density at radius 1 is 1.17 bits per heavy atom. The molecule has 1 aromatic carbocycles. The van der Waals surface area contributed by atoms with Gasteiger partial charge in [-0.15, -0.1) is 5.10 Å². The molecule has 7 heteroatoms. The summed E-state index contributed by atoms with van der Waals surface area (Å²) < 4.78 is 1.48. The minimum atomic E-state index is -1.15. The van der Waals surface area contributed by atoms with E-state index >= 15 is 0 Å². The van der Waals surface area contributed by atoms with Gasteiger partial charge >= 0.3 is 5.97 Å². The predicted molar refractivity (Wildman–Crippen MR) is 61.4 cm³/mol. The Labute approximate surface area is 101 Å². The third-order valence-corrected chi connectivity index (χ3v) is 2.44. The summed E-state index contributed by atoms with van der Waals surface area (Å²) in [7, 11) is 0. The van der Waals surface area contributed by atoms with E-state index in [0.29, 0.717) is 5.65 Å². The van der Waals surface area contributed by atoms with Crippen molar-refractivity contribution in [3.63, 3.8) is 0 Å². The third-order valence-electron chi connectivity index (χ3n) is 2.44. The number of carboxylic acid groups (broad SMARTS) is 1. The maximum atomic E-state index is 11.0. The number of para-hydroxylation sites is 1. The number of nitrogens with zero attached hydrogens (tertiary/aromatic N) is 5. The fourth-order valence-corrected chi connectivity index (χ4v) is 1.65. The number of rotatable bonds is 2. The van der Waals surface area contributed by atoms with E-state index in [1.807, 2.05) is 30.3 Å². The molecule has 0 aliphatic heterocycles. The second kappa shape index (κ2) is 3.88. The van der Waals surface area contributed by atoms with Crippen LogP contribution in [0.15, 0.2) is 36.7 Å². The van der Waals surface area contributed by atoms with Crippen LogP contribution in [0.2, 0.25) is 0 Å². The molecule has 3 rings (SSSR count). The van der Waals surface area contributed by atoms with E-state index in [1.165, 1.54) is 11.0 Å². The molecule has 88 valence electrons. The lowest BCUT2D eigenvalue weighted by Crippen LogP contribution is -2.03. The summed E-state index contributed by atoms with van der Waals surface area (Å²) in [5.74, 6) is -1.15. The van der Waals surface area contributed by atoms with Crippen molar-refractivity contribution in [2.75, 3.05) is 0 Å². The number of hydrogen-bond acceptors (Lipinski definition) is 5. The first-order valence-corrected chi connectivity index (χ1v) is 5.12. The van der Waals surface area contributed by atoms with Gasteiger partial charge in [0.15, 0.2) is 16.9 Å². The van der Waals surface area contributed by atoms with Gasteiger partial charge < -0.3 is 5.11 Å². The maximum absolute atomic E-state index is 11.0. The standard InChI is InChI=1S/C11H7N5O2/c17-11(18)9-8-10(13-6-12-9)16(15-14-8)7-4-2-1-3-5-7/h1-6H,(H,17,18). The molecule has 0 bridgehead atoms. The number of hydrogen-bond donors (Lipinski definition) is 1. The molecule has 2 heterocycles. The normalized spacial score (nSPS) is 10.7. The van der Waals surface area contributed by atoms with Gasteiger partial charge in [0.05, 0.1) is 5.69 Å². The van der Waals surface area contributed by atoms with Gasteiger partial charge in [0.25, 0.3) is 0 Å². The van der Waals surface area contributed by atoms with Crippen molar-refractivity contribution >= 4 is 17.1 Å². The van der Waals surface area contributed by atoms with Gasteiger partial charge in [-0.2, -0.15) is 4.68 Å². The lowest BCUT2D eigenvalue weighted by molar-refractivity contribution is 0.0692. The summed E-state index contributed by atoms with van der Waals surface area (Å²) in [5, 5.41) is 16.7. The SMILES string of the molecule is O=C(O)c1ncnc2c1nnn2-c1ccccc1. The van der Waals surface area contributed by atoms with Gasteiger partial charge in [-0.25, -0.2) is 14.8 Å². The van der Waals surface area contributed by atoms with Crippen LogP contribution in [0, 0.1) is 0 Å². The molecule has 0 saturated heterocycles. The molecule has 7 nitrogen and oxygen atoms in total. The van der Waals surface area contributed by atoms with Crippen molar-refractivity contribution in [3.05, 3.63) is 42.4 Å². The second-order valence-corrected chi connectivity index (χ2v) is 3.54. The molecule has 0 amide bonds. The van der Waals surface area contributed by atoms with E-state index < -0.39 is 5.97 Å². The molecule has 2 aromatic heterocycles. The Balaban J connectivity index is 2.28. The molecule has 1 N–H and O–H groups in total. The average Bonchev–Trinajstić information content (AvgIpc) is 2.83. The van der Waals surface area contributed by atoms with Gasteiger partial charge in [0.1, 0.15) is 6.33 Å². The molecular formula is C11H7N5O2. The first-order valence-electron chi connectivity index (χ1n) is 5.12. The number of benzene rings is 1. The van der Waals surface area contributed by atoms with Gasteiger partial charge in [-0.1, -0.05) is 23.4 Å². The number of fused-ring (bicyclic) bond motifs is 1. The number of carbonyl (C=O) groups is 1. The zero-order chi connectivity index (χ0) is 12.5. The van der Waals surface area contributed by atoms with Crippen molar-refractivity contribution in [1.82, 2.24) is 25.0 Å². The molecule has 0 aliphatic carbocycles. The van der Waals surface area contributed by atoms with Crippen LogP contribution in [0.25, 0.3) is 16.9 Å². The highest BCUT2D eigenvalue weighted by Crippen LogP contribution is 2.15. The maximum Gasteiger partial charge on any atom is 0.357 e. The molecule has 0 saturated carbocycles.